The van der Waals surface area contributed by atoms with Crippen LogP contribution in [0.3, 0.4) is 0 Å². The molecule has 0 amide bonds. The van der Waals surface area contributed by atoms with Crippen LogP contribution in [0.4, 0.5) is 17.1 Å². The molecule has 0 radical (unpaired) electrons. The van der Waals surface area contributed by atoms with Crippen molar-refractivity contribution in [1.82, 2.24) is 0 Å². The Morgan fingerprint density at radius 1 is 0.536 bits per heavy atom. The monoisotopic (exact) mass is 717 g/mol. The van der Waals surface area contributed by atoms with Gasteiger partial charge in [-0.25, -0.2) is 0 Å². The summed E-state index contributed by atoms with van der Waals surface area (Å²) in [6.07, 6.45) is 6.47. The molecule has 0 aliphatic heterocycles. The van der Waals surface area contributed by atoms with Crippen LogP contribution < -0.4 is 4.90 Å². The number of allylic oxidation sites excluding steroid dienone is 4. The first-order valence-electron chi connectivity index (χ1n) is 19.2. The average molecular weight is 718 g/mol. The molecule has 0 saturated carbocycles. The van der Waals surface area contributed by atoms with E-state index in [1.54, 1.807) is 0 Å². The first-order chi connectivity index (χ1) is 27.7. The number of fused-ring (bicyclic) bond motifs is 4. The molecule has 0 saturated heterocycles. The Balaban J connectivity index is 1.29. The van der Waals surface area contributed by atoms with Gasteiger partial charge < -0.3 is 0 Å². The van der Waals surface area contributed by atoms with Crippen LogP contribution in [0, 0.1) is 0 Å². The fourth-order valence-corrected chi connectivity index (χ4v) is 7.88. The van der Waals surface area contributed by atoms with Crippen molar-refractivity contribution in [2.24, 2.45) is 0 Å². The minimum atomic E-state index is 0.875. The van der Waals surface area contributed by atoms with E-state index in [0.717, 1.165) is 61.3 Å². The Labute approximate surface area is 329 Å². The van der Waals surface area contributed by atoms with Crippen LogP contribution in [0.25, 0.3) is 71.7 Å². The molecule has 0 aliphatic rings. The maximum atomic E-state index is 6.42. The van der Waals surface area contributed by atoms with Crippen molar-refractivity contribution < 1.29 is 4.42 Å². The molecule has 0 bridgehead atoms. The van der Waals surface area contributed by atoms with Crippen molar-refractivity contribution in [3.63, 3.8) is 0 Å². The van der Waals surface area contributed by atoms with Gasteiger partial charge >= 0.3 is 241 Å². The number of anilines is 3. The fourth-order valence-electron chi connectivity index (χ4n) is 7.88. The van der Waals surface area contributed by atoms with Gasteiger partial charge in [-0.3, -0.25) is 0 Å². The zero-order valence-electron chi connectivity index (χ0n) is 31.6. The topological polar surface area (TPSA) is 16.4 Å². The summed E-state index contributed by atoms with van der Waals surface area (Å²) in [5.41, 5.74) is 14.2. The molecule has 56 heavy (non-hydrogen) atoms. The van der Waals surface area contributed by atoms with Crippen LogP contribution in [0.5, 0.6) is 0 Å². The van der Waals surface area contributed by atoms with E-state index in [4.69, 9.17) is 4.42 Å². The number of para-hydroxylation sites is 1. The molecule has 0 fully saturated rings. The van der Waals surface area contributed by atoms with Gasteiger partial charge in [0.15, 0.2) is 0 Å². The van der Waals surface area contributed by atoms with Crippen LogP contribution in [0.1, 0.15) is 12.5 Å². The average Bonchev–Trinajstić information content (AvgIpc) is 3.65. The van der Waals surface area contributed by atoms with E-state index in [1.807, 2.05) is 6.07 Å². The van der Waals surface area contributed by atoms with E-state index in [0.29, 0.717) is 0 Å². The second-order valence-corrected chi connectivity index (χ2v) is 14.0. The van der Waals surface area contributed by atoms with Gasteiger partial charge in [0.1, 0.15) is 0 Å². The van der Waals surface area contributed by atoms with Crippen molar-refractivity contribution >= 4 is 68.2 Å². The summed E-state index contributed by atoms with van der Waals surface area (Å²) >= 11 is 0. The Morgan fingerprint density at radius 3 is 1.93 bits per heavy atom. The third kappa shape index (κ3) is 6.58. The third-order valence-electron chi connectivity index (χ3n) is 10.5. The summed E-state index contributed by atoms with van der Waals surface area (Å²) < 4.78 is 6.42. The first kappa shape index (κ1) is 34.8. The quantitative estimate of drug-likeness (QED) is 0.109. The molecule has 0 N–H and O–H groups in total. The molecule has 266 valence electrons. The van der Waals surface area contributed by atoms with Gasteiger partial charge in [0.05, 0.1) is 0 Å². The van der Waals surface area contributed by atoms with Gasteiger partial charge in [0, 0.05) is 0 Å². The van der Waals surface area contributed by atoms with E-state index in [1.165, 1.54) is 33.0 Å². The number of rotatable bonds is 9. The van der Waals surface area contributed by atoms with Gasteiger partial charge in [-0.2, -0.15) is 0 Å². The van der Waals surface area contributed by atoms with E-state index < -0.39 is 0 Å². The maximum absolute atomic E-state index is 6.42. The number of benzene rings is 8. The molecule has 1 aromatic heterocycles. The summed E-state index contributed by atoms with van der Waals surface area (Å²) in [4.78, 5) is 2.41. The summed E-state index contributed by atoms with van der Waals surface area (Å²) in [6.45, 7) is 6.19. The molecule has 0 atom stereocenters. The molecular formula is C53H40BNO. The molecule has 9 rings (SSSR count). The predicted octanol–water partition coefficient (Wildman–Crippen LogP) is 14.7. The van der Waals surface area contributed by atoms with Crippen LogP contribution >= 0.6 is 0 Å². The molecular weight excluding hydrogens is 677 g/mol. The van der Waals surface area contributed by atoms with Crippen molar-refractivity contribution in [2.45, 2.75) is 13.7 Å². The Hall–Kier alpha value is -6.97. The summed E-state index contributed by atoms with van der Waals surface area (Å²) in [5.74, 6) is 2.10. The van der Waals surface area contributed by atoms with Crippen LogP contribution in [-0.4, -0.2) is 12.9 Å². The third-order valence-corrected chi connectivity index (χ3v) is 10.5. The van der Waals surface area contributed by atoms with Crippen LogP contribution in [-0.2, 0) is 0 Å². The van der Waals surface area contributed by atoms with Crippen molar-refractivity contribution in [3.05, 3.63) is 206 Å². The molecule has 0 unspecified atom stereocenters. The standard InChI is InChI=1S/C53H40BNO/c1-3-13-37(34-35-54-2)42-28-33-47(48-21-12-23-52-53(48)49-19-9-10-22-51(49)56-52)50(36-42)55(43-29-24-39(25-30-43)38-14-5-4-6-15-38)44-31-26-41(27-32-44)46-20-11-17-40-16-7-8-18-45(40)46/h3-36H,1-2H3/b13-3-,37-34+. The van der Waals surface area contributed by atoms with Crippen LogP contribution in [0.15, 0.2) is 205 Å². The van der Waals surface area contributed by atoms with E-state index >= 15 is 0 Å². The normalized spacial score (nSPS) is 11.9. The van der Waals surface area contributed by atoms with Crippen molar-refractivity contribution in [1.29, 1.82) is 0 Å². The van der Waals surface area contributed by atoms with E-state index in [-0.39, 0.29) is 0 Å². The molecule has 2 nitrogen and oxygen atoms in total. The molecule has 3 heteroatoms. The SMILES string of the molecule is CB=C/C=C(\C=C/C)c1ccc(-c2cccc3oc4ccccc4c23)c(N(c2ccc(-c3ccccc3)cc2)c2ccc(-c3cccc4ccccc34)cc2)c1. The van der Waals surface area contributed by atoms with Crippen LogP contribution in [0.2, 0.25) is 6.82 Å². The second kappa shape index (κ2) is 15.4. The Kier molecular flexibility index (Phi) is 9.57. The number of furan rings is 1. The second-order valence-electron chi connectivity index (χ2n) is 14.0. The molecule has 0 aliphatic carbocycles. The Morgan fingerprint density at radius 2 is 1.16 bits per heavy atom. The Bertz CT molecular complexity index is 2910. The molecule has 1 heterocycles. The van der Waals surface area contributed by atoms with Crippen molar-refractivity contribution in [2.75, 3.05) is 4.90 Å². The zero-order valence-corrected chi connectivity index (χ0v) is 31.6. The molecule has 9 aromatic rings. The minimum absolute atomic E-state index is 0.875. The predicted molar refractivity (Wildman–Crippen MR) is 243 cm³/mol. The van der Waals surface area contributed by atoms with Crippen molar-refractivity contribution in [3.8, 4) is 33.4 Å². The summed E-state index contributed by atoms with van der Waals surface area (Å²) in [7, 11) is 0. The number of hydrogen-bond acceptors (Lipinski definition) is 2. The zero-order chi connectivity index (χ0) is 37.8. The number of nitrogens with zero attached hydrogens (tertiary/aromatic N) is 1. The first-order valence-corrected chi connectivity index (χ1v) is 19.2. The summed E-state index contributed by atoms with van der Waals surface area (Å²) in [6, 6.07) is 65.3. The summed E-state index contributed by atoms with van der Waals surface area (Å²) in [5, 5.41) is 4.70. The molecule has 0 spiro atoms. The fraction of sp³-hybridized carbons (Fsp3) is 0.0377. The van der Waals surface area contributed by atoms with Gasteiger partial charge in [-0.05, 0) is 10.8 Å². The van der Waals surface area contributed by atoms with Gasteiger partial charge in [0.25, 0.3) is 0 Å². The van der Waals surface area contributed by atoms with E-state index in [2.05, 4.69) is 226 Å². The molecule has 8 aromatic carbocycles. The van der Waals surface area contributed by atoms with Gasteiger partial charge in [-0.15, -0.1) is 0 Å². The van der Waals surface area contributed by atoms with E-state index in [9.17, 15) is 0 Å². The number of hydrogen-bond donors (Lipinski definition) is 0. The van der Waals surface area contributed by atoms with Gasteiger partial charge in [-0.1, -0.05) is 78.9 Å². The van der Waals surface area contributed by atoms with Gasteiger partial charge in [0.2, 0.25) is 0 Å².